The first-order chi connectivity index (χ1) is 24.2. The number of nitrogens with zero attached hydrogens (tertiary/aromatic N) is 5. The second kappa shape index (κ2) is 13.6. The van der Waals surface area contributed by atoms with Crippen molar-refractivity contribution in [1.82, 2.24) is 24.9 Å². The normalized spacial score (nSPS) is 11.0. The summed E-state index contributed by atoms with van der Waals surface area (Å²) in [6.45, 7) is 0. The minimum Gasteiger partial charge on any atom is -0.264 e. The Kier molecular flexibility index (Phi) is 8.36. The number of aromatic nitrogens is 5. The molecule has 5 aromatic carbocycles. The maximum Gasteiger partial charge on any atom is 0.164 e. The molecule has 0 spiro atoms. The molecule has 0 aliphatic carbocycles. The molecule has 0 amide bonds. The van der Waals surface area contributed by atoms with Crippen molar-refractivity contribution >= 4 is 15.9 Å². The quantitative estimate of drug-likeness (QED) is 0.166. The van der Waals surface area contributed by atoms with E-state index in [0.29, 0.717) is 17.5 Å². The highest BCUT2D eigenvalue weighted by molar-refractivity contribution is 9.10. The third-order valence-electron chi connectivity index (χ3n) is 8.41. The van der Waals surface area contributed by atoms with Gasteiger partial charge in [-0.25, -0.2) is 15.0 Å². The molecule has 6 heteroatoms. The highest BCUT2D eigenvalue weighted by Crippen LogP contribution is 2.31. The van der Waals surface area contributed by atoms with Crippen LogP contribution in [-0.2, 0) is 0 Å². The van der Waals surface area contributed by atoms with Gasteiger partial charge in [-0.3, -0.25) is 9.97 Å². The minimum atomic E-state index is 0.611. The number of benzene rings is 5. The van der Waals surface area contributed by atoms with E-state index in [1.165, 1.54) is 11.1 Å². The summed E-state index contributed by atoms with van der Waals surface area (Å²) < 4.78 is 1.06. The van der Waals surface area contributed by atoms with Crippen LogP contribution in [-0.4, -0.2) is 24.9 Å². The van der Waals surface area contributed by atoms with Crippen molar-refractivity contribution in [3.8, 4) is 78.7 Å². The Hall–Kier alpha value is -6.11. The Morgan fingerprint density at radius 1 is 0.306 bits per heavy atom. The van der Waals surface area contributed by atoms with Gasteiger partial charge in [0.1, 0.15) is 0 Å². The predicted octanol–water partition coefficient (Wildman–Crippen LogP) is 11.1. The summed E-state index contributed by atoms with van der Waals surface area (Å²) >= 11 is 3.60. The molecule has 232 valence electrons. The van der Waals surface area contributed by atoms with Crippen molar-refractivity contribution in [2.45, 2.75) is 0 Å². The summed E-state index contributed by atoms with van der Waals surface area (Å²) in [5, 5.41) is 0. The van der Waals surface area contributed by atoms with Gasteiger partial charge in [-0.1, -0.05) is 131 Å². The summed E-state index contributed by atoms with van der Waals surface area (Å²) in [7, 11) is 0. The zero-order chi connectivity index (χ0) is 33.0. The highest BCUT2D eigenvalue weighted by Gasteiger charge is 2.14. The zero-order valence-corrected chi connectivity index (χ0v) is 27.9. The molecule has 0 N–H and O–H groups in total. The molecule has 5 nitrogen and oxygen atoms in total. The molecule has 0 atom stereocenters. The number of rotatable bonds is 7. The van der Waals surface area contributed by atoms with Crippen molar-refractivity contribution < 1.29 is 0 Å². The lowest BCUT2D eigenvalue weighted by Crippen LogP contribution is -2.00. The topological polar surface area (TPSA) is 64.5 Å². The standard InChI is InChI=1S/C43H28BrN5/c44-40-10-2-7-37(26-40)36-6-1-5-35(25-36)29-11-17-32(18-12-29)41-47-42(33-19-13-30(14-20-33)38-8-3-23-45-27-38)49-43(48-41)34-21-15-31(16-22-34)39-9-4-24-46-28-39/h1-28H. The van der Waals surface area contributed by atoms with Crippen LogP contribution in [0, 0.1) is 0 Å². The van der Waals surface area contributed by atoms with Crippen LogP contribution in [0.2, 0.25) is 0 Å². The molecular weight excluding hydrogens is 666 g/mol. The Morgan fingerprint density at radius 3 is 1.06 bits per heavy atom. The maximum atomic E-state index is 4.98. The highest BCUT2D eigenvalue weighted by atomic mass is 79.9. The molecule has 0 aliphatic heterocycles. The van der Waals surface area contributed by atoms with E-state index in [0.717, 1.165) is 54.5 Å². The molecule has 0 radical (unpaired) electrons. The van der Waals surface area contributed by atoms with E-state index in [1.807, 2.05) is 30.6 Å². The molecule has 0 saturated carbocycles. The van der Waals surface area contributed by atoms with E-state index in [4.69, 9.17) is 15.0 Å². The second-order valence-electron chi connectivity index (χ2n) is 11.6. The third-order valence-corrected chi connectivity index (χ3v) is 8.90. The number of pyridine rings is 2. The van der Waals surface area contributed by atoms with Gasteiger partial charge < -0.3 is 0 Å². The Balaban J connectivity index is 1.16. The third kappa shape index (κ3) is 6.68. The molecule has 3 heterocycles. The number of hydrogen-bond acceptors (Lipinski definition) is 5. The van der Waals surface area contributed by atoms with Gasteiger partial charge in [0, 0.05) is 46.0 Å². The monoisotopic (exact) mass is 693 g/mol. The molecular formula is C43H28BrN5. The Bertz CT molecular complexity index is 2260. The molecule has 49 heavy (non-hydrogen) atoms. The van der Waals surface area contributed by atoms with E-state index in [9.17, 15) is 0 Å². The van der Waals surface area contributed by atoms with Crippen LogP contribution in [0.4, 0.5) is 0 Å². The zero-order valence-electron chi connectivity index (χ0n) is 26.3. The summed E-state index contributed by atoms with van der Waals surface area (Å²) in [5.74, 6) is 1.84. The van der Waals surface area contributed by atoms with Crippen molar-refractivity contribution in [3.05, 3.63) is 175 Å². The average Bonchev–Trinajstić information content (AvgIpc) is 3.19. The lowest BCUT2D eigenvalue weighted by molar-refractivity contribution is 1.07. The molecule has 8 rings (SSSR count). The molecule has 0 bridgehead atoms. The van der Waals surface area contributed by atoms with Crippen LogP contribution >= 0.6 is 15.9 Å². The summed E-state index contributed by atoms with van der Waals surface area (Å²) in [5.41, 5.74) is 11.6. The SMILES string of the molecule is Brc1cccc(-c2cccc(-c3ccc(-c4nc(-c5ccc(-c6cccnc6)cc5)nc(-c5ccc(-c6cccnc6)cc5)n4)cc3)c2)c1. The van der Waals surface area contributed by atoms with Crippen molar-refractivity contribution in [2.24, 2.45) is 0 Å². The van der Waals surface area contributed by atoms with Crippen LogP contribution in [0.5, 0.6) is 0 Å². The molecule has 0 aliphatic rings. The number of hydrogen-bond donors (Lipinski definition) is 0. The Morgan fingerprint density at radius 2 is 0.653 bits per heavy atom. The van der Waals surface area contributed by atoms with Crippen molar-refractivity contribution in [1.29, 1.82) is 0 Å². The summed E-state index contributed by atoms with van der Waals surface area (Å²) in [6, 6.07) is 49.9. The van der Waals surface area contributed by atoms with E-state index >= 15 is 0 Å². The summed E-state index contributed by atoms with van der Waals surface area (Å²) in [4.78, 5) is 23.5. The van der Waals surface area contributed by atoms with Crippen LogP contribution in [0.1, 0.15) is 0 Å². The van der Waals surface area contributed by atoms with Gasteiger partial charge in [-0.15, -0.1) is 0 Å². The fraction of sp³-hybridized carbons (Fsp3) is 0. The second-order valence-corrected chi connectivity index (χ2v) is 12.5. The van der Waals surface area contributed by atoms with Crippen molar-refractivity contribution in [2.75, 3.05) is 0 Å². The first-order valence-electron chi connectivity index (χ1n) is 15.9. The molecule has 0 saturated heterocycles. The van der Waals surface area contributed by atoms with E-state index in [2.05, 4.69) is 153 Å². The molecule has 8 aromatic rings. The lowest BCUT2D eigenvalue weighted by atomic mass is 9.98. The van der Waals surface area contributed by atoms with Crippen LogP contribution in [0.15, 0.2) is 175 Å². The van der Waals surface area contributed by atoms with E-state index in [-0.39, 0.29) is 0 Å². The first kappa shape index (κ1) is 30.2. The molecule has 3 aromatic heterocycles. The largest absolute Gasteiger partial charge is 0.264 e. The van der Waals surface area contributed by atoms with Gasteiger partial charge in [0.05, 0.1) is 0 Å². The maximum absolute atomic E-state index is 4.98. The van der Waals surface area contributed by atoms with Crippen LogP contribution in [0.3, 0.4) is 0 Å². The van der Waals surface area contributed by atoms with Crippen molar-refractivity contribution in [3.63, 3.8) is 0 Å². The van der Waals surface area contributed by atoms with Crippen LogP contribution < -0.4 is 0 Å². The van der Waals surface area contributed by atoms with Gasteiger partial charge in [0.15, 0.2) is 17.5 Å². The van der Waals surface area contributed by atoms with Gasteiger partial charge in [0.2, 0.25) is 0 Å². The Labute approximate surface area is 293 Å². The number of halogens is 1. The van der Waals surface area contributed by atoms with Gasteiger partial charge >= 0.3 is 0 Å². The van der Waals surface area contributed by atoms with Gasteiger partial charge in [-0.2, -0.15) is 0 Å². The minimum absolute atomic E-state index is 0.611. The van der Waals surface area contributed by atoms with E-state index < -0.39 is 0 Å². The smallest absolute Gasteiger partial charge is 0.164 e. The fourth-order valence-electron chi connectivity index (χ4n) is 5.81. The lowest BCUT2D eigenvalue weighted by Gasteiger charge is -2.11. The van der Waals surface area contributed by atoms with Gasteiger partial charge in [0.25, 0.3) is 0 Å². The first-order valence-corrected chi connectivity index (χ1v) is 16.7. The van der Waals surface area contributed by atoms with Crippen LogP contribution in [0.25, 0.3) is 78.7 Å². The van der Waals surface area contributed by atoms with E-state index in [1.54, 1.807) is 12.4 Å². The predicted molar refractivity (Wildman–Crippen MR) is 201 cm³/mol. The summed E-state index contributed by atoms with van der Waals surface area (Å²) in [6.07, 6.45) is 7.29. The average molecular weight is 695 g/mol. The fourth-order valence-corrected chi connectivity index (χ4v) is 6.21. The van der Waals surface area contributed by atoms with Gasteiger partial charge in [-0.05, 0) is 74.8 Å². The molecule has 0 fully saturated rings. The molecule has 0 unspecified atom stereocenters.